The normalized spacial score (nSPS) is 19.8. The number of amides is 3. The molecule has 12 nitrogen and oxygen atoms in total. The van der Waals surface area contributed by atoms with Gasteiger partial charge in [-0.1, -0.05) is 70.0 Å². The number of imide groups is 1. The SMILES string of the molecule is C#Cc1c(F)ccc2cccc(-c3ncc4c(N5CCCC(C)C5)nc(OCC5(CN6CCN(Cc7ccc(N(C(=O)CC)C8CCC(=O)NC8=O)c(C)c7)CC6)CC5)nc4c3F)c12.CC. The highest BCUT2D eigenvalue weighted by Crippen LogP contribution is 2.47. The van der Waals surface area contributed by atoms with Gasteiger partial charge in [-0.25, -0.2) is 8.78 Å². The molecule has 2 unspecified atom stereocenters. The Morgan fingerprint density at radius 1 is 1.02 bits per heavy atom. The second-order valence-corrected chi connectivity index (χ2v) is 18.2. The van der Waals surface area contributed by atoms with Crippen LogP contribution in [0.4, 0.5) is 20.3 Å². The molecule has 2 aromatic heterocycles. The summed E-state index contributed by atoms with van der Waals surface area (Å²) >= 11 is 0. The number of nitrogens with one attached hydrogen (secondary N) is 1. The van der Waals surface area contributed by atoms with Gasteiger partial charge in [0, 0.05) is 93.4 Å². The zero-order valence-corrected chi connectivity index (χ0v) is 38.8. The second-order valence-electron chi connectivity index (χ2n) is 18.2. The number of aryl methyl sites for hydroxylation is 1. The highest BCUT2D eigenvalue weighted by atomic mass is 19.1. The number of piperazine rings is 1. The van der Waals surface area contributed by atoms with Crippen molar-refractivity contribution in [1.29, 1.82) is 0 Å². The lowest BCUT2D eigenvalue weighted by Gasteiger charge is -2.37. The van der Waals surface area contributed by atoms with Gasteiger partial charge < -0.3 is 14.5 Å². The smallest absolute Gasteiger partial charge is 0.319 e. The van der Waals surface area contributed by atoms with Crippen LogP contribution in [-0.4, -0.2) is 101 Å². The predicted molar refractivity (Wildman–Crippen MR) is 254 cm³/mol. The van der Waals surface area contributed by atoms with Gasteiger partial charge in [-0.05, 0) is 73.6 Å². The summed E-state index contributed by atoms with van der Waals surface area (Å²) in [6, 6.07) is 13.7. The Morgan fingerprint density at radius 2 is 1.79 bits per heavy atom. The van der Waals surface area contributed by atoms with Crippen molar-refractivity contribution in [2.24, 2.45) is 11.3 Å². The number of ether oxygens (including phenoxy) is 1. The summed E-state index contributed by atoms with van der Waals surface area (Å²) in [7, 11) is 0. The number of halogens is 2. The van der Waals surface area contributed by atoms with Crippen molar-refractivity contribution < 1.29 is 27.9 Å². The van der Waals surface area contributed by atoms with E-state index in [-0.39, 0.29) is 52.9 Å². The number of carbonyl (C=O) groups is 3. The number of carbonyl (C=O) groups excluding carboxylic acids is 3. The van der Waals surface area contributed by atoms with E-state index in [0.717, 1.165) is 89.2 Å². The molecule has 66 heavy (non-hydrogen) atoms. The maximum absolute atomic E-state index is 17.0. The molecule has 4 fully saturated rings. The number of benzene rings is 3. The van der Waals surface area contributed by atoms with E-state index < -0.39 is 23.6 Å². The summed E-state index contributed by atoms with van der Waals surface area (Å²) in [4.78, 5) is 60.6. The second kappa shape index (κ2) is 19.8. The third-order valence-electron chi connectivity index (χ3n) is 13.5. The molecule has 5 aromatic rings. The topological polar surface area (TPSA) is 124 Å². The Hall–Kier alpha value is -6.04. The minimum atomic E-state index is -0.711. The summed E-state index contributed by atoms with van der Waals surface area (Å²) in [5, 5.41) is 4.00. The van der Waals surface area contributed by atoms with E-state index in [4.69, 9.17) is 21.1 Å². The molecule has 3 saturated heterocycles. The molecular weight excluding hydrogens is 839 g/mol. The number of piperidine rings is 2. The van der Waals surface area contributed by atoms with Gasteiger partial charge in [-0.2, -0.15) is 9.97 Å². The average Bonchev–Trinajstić information content (AvgIpc) is 4.09. The Balaban J connectivity index is 0.00000292. The van der Waals surface area contributed by atoms with Crippen molar-refractivity contribution in [2.45, 2.75) is 92.2 Å². The lowest BCUT2D eigenvalue weighted by Crippen LogP contribution is -2.54. The number of aromatic nitrogens is 3. The van der Waals surface area contributed by atoms with Gasteiger partial charge in [-0.3, -0.25) is 34.5 Å². The molecule has 0 bridgehead atoms. The van der Waals surface area contributed by atoms with Gasteiger partial charge in [0.25, 0.3) is 0 Å². The van der Waals surface area contributed by atoms with E-state index in [1.54, 1.807) is 36.2 Å². The molecule has 3 aromatic carbocycles. The Kier molecular flexibility index (Phi) is 14.0. The Bertz CT molecular complexity index is 2690. The molecule has 346 valence electrons. The van der Waals surface area contributed by atoms with Crippen LogP contribution in [0.5, 0.6) is 6.01 Å². The van der Waals surface area contributed by atoms with Crippen molar-refractivity contribution in [3.8, 4) is 29.6 Å². The fraction of sp³-hybridized carbons (Fsp3) is 0.462. The lowest BCUT2D eigenvalue weighted by molar-refractivity contribution is -0.135. The van der Waals surface area contributed by atoms with E-state index in [1.807, 2.05) is 39.0 Å². The van der Waals surface area contributed by atoms with Crippen LogP contribution in [0, 0.1) is 42.2 Å². The van der Waals surface area contributed by atoms with Gasteiger partial charge in [0.1, 0.15) is 28.9 Å². The van der Waals surface area contributed by atoms with Crippen LogP contribution in [0.3, 0.4) is 0 Å². The third-order valence-corrected chi connectivity index (χ3v) is 13.5. The predicted octanol–water partition coefficient (Wildman–Crippen LogP) is 8.20. The fourth-order valence-corrected chi connectivity index (χ4v) is 9.83. The van der Waals surface area contributed by atoms with Gasteiger partial charge in [0.15, 0.2) is 5.82 Å². The lowest BCUT2D eigenvalue weighted by atomic mass is 9.96. The summed E-state index contributed by atoms with van der Waals surface area (Å²) in [6.45, 7) is 17.1. The van der Waals surface area contributed by atoms with Crippen LogP contribution < -0.4 is 19.9 Å². The van der Waals surface area contributed by atoms with E-state index in [1.165, 1.54) is 6.07 Å². The highest BCUT2D eigenvalue weighted by molar-refractivity contribution is 6.07. The van der Waals surface area contributed by atoms with Crippen molar-refractivity contribution in [3.63, 3.8) is 0 Å². The van der Waals surface area contributed by atoms with Gasteiger partial charge in [0.2, 0.25) is 17.7 Å². The molecule has 9 rings (SSSR count). The molecule has 3 aliphatic heterocycles. The number of rotatable bonds is 12. The Labute approximate surface area is 386 Å². The van der Waals surface area contributed by atoms with Crippen LogP contribution in [0.25, 0.3) is 32.9 Å². The van der Waals surface area contributed by atoms with Crippen LogP contribution >= 0.6 is 0 Å². The van der Waals surface area contributed by atoms with Crippen LogP contribution in [0.15, 0.2) is 54.7 Å². The van der Waals surface area contributed by atoms with Gasteiger partial charge in [-0.15, -0.1) is 6.42 Å². The van der Waals surface area contributed by atoms with Gasteiger partial charge >= 0.3 is 6.01 Å². The van der Waals surface area contributed by atoms with E-state index >= 15 is 4.39 Å². The minimum absolute atomic E-state index is 0.0349. The maximum Gasteiger partial charge on any atom is 0.319 e. The molecule has 0 spiro atoms. The molecule has 14 heteroatoms. The zero-order valence-electron chi connectivity index (χ0n) is 38.8. The van der Waals surface area contributed by atoms with Crippen molar-refractivity contribution in [1.82, 2.24) is 30.1 Å². The molecule has 1 aliphatic carbocycles. The molecule has 2 atom stereocenters. The largest absolute Gasteiger partial charge is 0.463 e. The highest BCUT2D eigenvalue weighted by Gasteiger charge is 2.45. The van der Waals surface area contributed by atoms with E-state index in [0.29, 0.717) is 52.2 Å². The number of pyridine rings is 1. The quantitative estimate of drug-likeness (QED) is 0.0969. The van der Waals surface area contributed by atoms with Crippen LogP contribution in [-0.2, 0) is 20.9 Å². The first-order chi connectivity index (χ1) is 31.9. The minimum Gasteiger partial charge on any atom is -0.463 e. The number of anilines is 2. The molecule has 4 aliphatic rings. The first-order valence-corrected chi connectivity index (χ1v) is 23.6. The number of hydrogen-bond donors (Lipinski definition) is 1. The molecule has 5 heterocycles. The average molecular weight is 899 g/mol. The van der Waals surface area contributed by atoms with Crippen LogP contribution in [0.2, 0.25) is 0 Å². The first kappa shape index (κ1) is 46.5. The number of fused-ring (bicyclic) bond motifs is 2. The molecule has 1 N–H and O–H groups in total. The summed E-state index contributed by atoms with van der Waals surface area (Å²) < 4.78 is 38.4. The third kappa shape index (κ3) is 9.60. The fourth-order valence-electron chi connectivity index (χ4n) is 9.83. The maximum atomic E-state index is 17.0. The van der Waals surface area contributed by atoms with Crippen molar-refractivity contribution >= 4 is 50.9 Å². The van der Waals surface area contributed by atoms with Crippen LogP contribution in [0.1, 0.15) is 89.3 Å². The summed E-state index contributed by atoms with van der Waals surface area (Å²) in [5.74, 6) is 1.41. The number of hydrogen-bond acceptors (Lipinski definition) is 10. The molecule has 0 radical (unpaired) electrons. The first-order valence-electron chi connectivity index (χ1n) is 23.6. The van der Waals surface area contributed by atoms with Crippen molar-refractivity contribution in [2.75, 3.05) is 62.2 Å². The molecule has 3 amide bonds. The molecular formula is C52H60F2N8O4. The number of nitrogens with zero attached hydrogens (tertiary/aromatic N) is 7. The van der Waals surface area contributed by atoms with E-state index in [2.05, 4.69) is 43.9 Å². The standard InChI is InChI=1S/C50H54F2N8O4.C2H6/c1-5-35-38(51)14-13-34-10-7-11-36(43(34)35)45-44(52)46-37(26-53-45)47(59-20-8-9-31(3)27-59)56-49(55-46)64-30-50(18-19-50)29-58-23-21-57(22-24-58)28-33-12-15-39(32(4)25-33)60(42(62)6-2)40-16-17-41(61)54-48(40)63;1-2/h1,7,10-15,25-26,31,40H,6,8-9,16-24,27-30H2,2-4H3,(H,54,61,63);1-2H3. The monoisotopic (exact) mass is 898 g/mol. The Morgan fingerprint density at radius 3 is 2.48 bits per heavy atom. The van der Waals surface area contributed by atoms with Crippen molar-refractivity contribution in [3.05, 3.63) is 83.1 Å². The summed E-state index contributed by atoms with van der Waals surface area (Å²) in [5.41, 5.74) is 3.27. The van der Waals surface area contributed by atoms with E-state index in [9.17, 15) is 18.8 Å². The summed E-state index contributed by atoms with van der Waals surface area (Å²) in [6.07, 6.45) is 12.3. The number of terminal acetylenes is 1. The molecule has 1 saturated carbocycles. The zero-order chi connectivity index (χ0) is 46.7. The van der Waals surface area contributed by atoms with Gasteiger partial charge in [0.05, 0.1) is 17.6 Å².